The number of anilines is 3. The van der Waals surface area contributed by atoms with Gasteiger partial charge in [-0.3, -0.25) is 19.6 Å². The molecule has 28 heteroatoms. The summed E-state index contributed by atoms with van der Waals surface area (Å²) in [5, 5.41) is 37.6. The van der Waals surface area contributed by atoms with Crippen molar-refractivity contribution in [2.75, 3.05) is 153 Å². The molecule has 0 bridgehead atoms. The van der Waals surface area contributed by atoms with E-state index < -0.39 is 30.3 Å². The number of rotatable bonds is 15. The number of methoxy groups -OCH3 is 1. The first kappa shape index (κ1) is 78.5. The summed E-state index contributed by atoms with van der Waals surface area (Å²) in [5.74, 6) is 2.40. The lowest BCUT2D eigenvalue weighted by atomic mass is 9.86. The number of carbonyl (C=O) groups excluding carboxylic acids is 3. The summed E-state index contributed by atoms with van der Waals surface area (Å²) in [6.07, 6.45) is 6.90. The molecule has 4 N–H and O–H groups in total. The maximum atomic E-state index is 12.2. The Morgan fingerprint density at radius 3 is 1.10 bits per heavy atom. The average molecular weight is 1390 g/mol. The van der Waals surface area contributed by atoms with Gasteiger partial charge in [-0.05, 0) is 169 Å². The summed E-state index contributed by atoms with van der Waals surface area (Å²) in [6, 6.07) is 12.6. The largest absolute Gasteiger partial charge is 0.465 e. The Morgan fingerprint density at radius 2 is 0.788 bits per heavy atom. The van der Waals surface area contributed by atoms with E-state index in [1.165, 1.54) is 12.0 Å². The first-order valence-corrected chi connectivity index (χ1v) is 35.7. The fourth-order valence-electron chi connectivity index (χ4n) is 14.5. The van der Waals surface area contributed by atoms with Gasteiger partial charge in [-0.15, -0.1) is 0 Å². The Bertz CT molecular complexity index is 3060. The second-order valence-electron chi connectivity index (χ2n) is 28.1. The summed E-state index contributed by atoms with van der Waals surface area (Å²) in [4.78, 5) is 117. The van der Waals surface area contributed by atoms with Crippen LogP contribution in [0.1, 0.15) is 146 Å². The van der Waals surface area contributed by atoms with Gasteiger partial charge in [0.25, 0.3) is 0 Å². The predicted octanol–water partition coefficient (Wildman–Crippen LogP) is 8.33. The van der Waals surface area contributed by atoms with Crippen LogP contribution in [0, 0.1) is 17.8 Å². The molecule has 7 aliphatic heterocycles. The van der Waals surface area contributed by atoms with E-state index in [0.717, 1.165) is 148 Å². The third kappa shape index (κ3) is 22.1. The molecule has 0 saturated carbocycles. The average Bonchev–Trinajstić information content (AvgIpc) is 0.815. The third-order valence-electron chi connectivity index (χ3n) is 20.6. The van der Waals surface area contributed by atoms with E-state index >= 15 is 0 Å². The van der Waals surface area contributed by atoms with Crippen LogP contribution in [-0.4, -0.2) is 303 Å². The van der Waals surface area contributed by atoms with Gasteiger partial charge in [0.1, 0.15) is 17.5 Å². The van der Waals surface area contributed by atoms with Gasteiger partial charge < -0.3 is 68.9 Å². The van der Waals surface area contributed by atoms with Crippen molar-refractivity contribution >= 4 is 59.7 Å². The highest BCUT2D eigenvalue weighted by molar-refractivity contribution is 5.91. The maximum Gasteiger partial charge on any atom is 0.407 e. The van der Waals surface area contributed by atoms with Crippen LogP contribution in [0.3, 0.4) is 0 Å². The molecule has 3 unspecified atom stereocenters. The van der Waals surface area contributed by atoms with Crippen molar-refractivity contribution in [2.45, 2.75) is 163 Å². The number of amides is 4. The van der Waals surface area contributed by atoms with Gasteiger partial charge in [0.2, 0.25) is 0 Å². The lowest BCUT2D eigenvalue weighted by Crippen LogP contribution is -2.60. The molecule has 7 saturated heterocycles. The highest BCUT2D eigenvalue weighted by Crippen LogP contribution is 2.33. The van der Waals surface area contributed by atoms with Crippen LogP contribution in [-0.2, 0) is 14.2 Å². The standard InChI is InChI=1S/C22H34N4O4.C21H32N4O4.C20H30N4O4.C8H16N2O2/c1-15(2)25-11-12-26(22(28)29)19(14-25)17-6-9-24(10-7-17)20-13-18(5-8-23-20)21(27)30-16(3)4;1-4-29-20(26)17-5-6-19(22-13-17)23-9-7-16(8-10-23)18-14-24(15(2)3)11-12-25(18)21(27)28;1-14(2)23-10-11-24(20(26)27)17(13-23)15-6-8-22(9-7-15)18-5-4-16(12-21-18)19(25)28-3;1-7(2)9-3-5-10(6-4-9)8(11)12/h5,8,13,15-17,19H,6-7,9-12,14H2,1-4H3,(H,28,29);5-6,13,15-16,18H,4,7-12,14H2,1-3H3,(H,27,28);4-5,12,14-15,17H,6-11,13H2,1-3H3,(H,26,27);7H,3-6H2,1-2H3,(H,11,12). The number of piperidine rings is 3. The van der Waals surface area contributed by atoms with Crippen molar-refractivity contribution in [3.8, 4) is 0 Å². The second kappa shape index (κ2) is 37.6. The van der Waals surface area contributed by atoms with Crippen molar-refractivity contribution in [3.05, 3.63) is 71.7 Å². The van der Waals surface area contributed by atoms with Gasteiger partial charge in [-0.2, -0.15) is 0 Å². The van der Waals surface area contributed by atoms with Crippen molar-refractivity contribution < 1.29 is 68.2 Å². The monoisotopic (exact) mass is 1380 g/mol. The van der Waals surface area contributed by atoms with Crippen molar-refractivity contribution in [2.24, 2.45) is 17.8 Å². The highest BCUT2D eigenvalue weighted by Gasteiger charge is 2.41. The first-order valence-electron chi connectivity index (χ1n) is 35.7. The Hall–Kier alpha value is -7.82. The van der Waals surface area contributed by atoms with E-state index in [9.17, 15) is 48.9 Å². The molecule has 3 atom stereocenters. The first-order chi connectivity index (χ1) is 47.2. The molecular weight excluding hydrogens is 1270 g/mol. The Kier molecular flexibility index (Phi) is 29.8. The number of hydrogen-bond donors (Lipinski definition) is 4. The van der Waals surface area contributed by atoms with Gasteiger partial charge in [0.15, 0.2) is 0 Å². The second-order valence-corrected chi connectivity index (χ2v) is 28.1. The molecule has 0 aliphatic carbocycles. The van der Waals surface area contributed by atoms with E-state index in [1.807, 2.05) is 26.0 Å². The van der Waals surface area contributed by atoms with Crippen LogP contribution in [0.5, 0.6) is 0 Å². The SMILES string of the molecule is CC(C)N1CCN(C(=O)O)CC1.CC(C)OC(=O)c1ccnc(N2CCC(C3CN(C(C)C)CCN3C(=O)O)CC2)c1.CCOC(=O)c1ccc(N2CCC(C3CN(C(C)C)CCN3C(=O)O)CC2)nc1.COC(=O)c1ccc(N2CCC(C3CN(C(C)C)CCN3C(=O)O)CC2)nc1. The van der Waals surface area contributed by atoms with E-state index in [4.69, 9.17) is 19.3 Å². The van der Waals surface area contributed by atoms with Crippen molar-refractivity contribution in [1.82, 2.24) is 54.2 Å². The van der Waals surface area contributed by atoms with E-state index in [1.54, 1.807) is 64.5 Å². The molecular formula is C71H112N14O14. The molecule has 99 heavy (non-hydrogen) atoms. The summed E-state index contributed by atoms with van der Waals surface area (Å²) >= 11 is 0. The fourth-order valence-corrected chi connectivity index (χ4v) is 14.5. The molecule has 0 spiro atoms. The van der Waals surface area contributed by atoms with Crippen LogP contribution in [0.2, 0.25) is 0 Å². The number of nitrogens with zero attached hydrogens (tertiary/aromatic N) is 14. The van der Waals surface area contributed by atoms with Crippen LogP contribution in [0.25, 0.3) is 0 Å². The van der Waals surface area contributed by atoms with E-state index in [-0.39, 0.29) is 36.2 Å². The maximum absolute atomic E-state index is 12.2. The number of esters is 3. The smallest absolute Gasteiger partial charge is 0.407 e. The minimum absolute atomic E-state index is 0.0288. The minimum atomic E-state index is -0.816. The fraction of sp³-hybridized carbons (Fsp3) is 0.690. The predicted molar refractivity (Wildman–Crippen MR) is 377 cm³/mol. The quantitative estimate of drug-likeness (QED) is 0.0821. The zero-order chi connectivity index (χ0) is 72.2. The van der Waals surface area contributed by atoms with E-state index in [2.05, 4.69) is 105 Å². The highest BCUT2D eigenvalue weighted by atomic mass is 16.5. The minimum Gasteiger partial charge on any atom is -0.465 e. The molecule has 10 rings (SSSR count). The molecule has 0 radical (unpaired) electrons. The molecule has 4 amide bonds. The van der Waals surface area contributed by atoms with Gasteiger partial charge in [0.05, 0.1) is 54.6 Å². The lowest BCUT2D eigenvalue weighted by molar-refractivity contribution is 0.0255. The zero-order valence-corrected chi connectivity index (χ0v) is 60.6. The number of piperazine rings is 4. The van der Waals surface area contributed by atoms with Crippen molar-refractivity contribution in [3.63, 3.8) is 0 Å². The topological polar surface area (TPSA) is 302 Å². The van der Waals surface area contributed by atoms with Crippen molar-refractivity contribution in [1.29, 1.82) is 0 Å². The number of aromatic nitrogens is 3. The number of carbonyl (C=O) groups is 7. The van der Waals surface area contributed by atoms with Crippen LogP contribution in [0.15, 0.2) is 55.0 Å². The number of hydrogen-bond acceptors (Lipinski definition) is 20. The van der Waals surface area contributed by atoms with Gasteiger partial charge in [-0.1, -0.05) is 0 Å². The van der Waals surface area contributed by atoms with Crippen LogP contribution in [0.4, 0.5) is 36.6 Å². The number of ether oxygens (including phenoxy) is 3. The Labute approximate surface area is 585 Å². The molecule has 0 aromatic carbocycles. The summed E-state index contributed by atoms with van der Waals surface area (Å²) in [6.45, 7) is 37.5. The molecule has 10 heterocycles. The molecule has 3 aromatic heterocycles. The molecule has 7 aliphatic rings. The third-order valence-corrected chi connectivity index (χ3v) is 20.6. The Morgan fingerprint density at radius 1 is 0.424 bits per heavy atom. The van der Waals surface area contributed by atoms with Gasteiger partial charge in [0, 0.05) is 167 Å². The lowest BCUT2D eigenvalue weighted by Gasteiger charge is -2.47. The summed E-state index contributed by atoms with van der Waals surface area (Å²) in [7, 11) is 1.35. The van der Waals surface area contributed by atoms with Crippen LogP contribution < -0.4 is 14.7 Å². The molecule has 28 nitrogen and oxygen atoms in total. The molecule has 550 valence electrons. The normalized spacial score (nSPS) is 21.3. The van der Waals surface area contributed by atoms with E-state index in [0.29, 0.717) is 97.9 Å². The number of pyridine rings is 3. The summed E-state index contributed by atoms with van der Waals surface area (Å²) < 4.78 is 15.0. The van der Waals surface area contributed by atoms with Gasteiger partial charge in [-0.25, -0.2) is 48.5 Å². The Balaban J connectivity index is 0.000000193. The summed E-state index contributed by atoms with van der Waals surface area (Å²) in [5.41, 5.74) is 1.40. The zero-order valence-electron chi connectivity index (χ0n) is 60.6. The molecule has 3 aromatic rings. The van der Waals surface area contributed by atoms with Crippen LogP contribution >= 0.6 is 0 Å². The van der Waals surface area contributed by atoms with Gasteiger partial charge >= 0.3 is 42.3 Å². The number of carboxylic acid groups (broad SMARTS) is 4. The molecule has 7 fully saturated rings.